The summed E-state index contributed by atoms with van der Waals surface area (Å²) in [5, 5.41) is 13.1. The molecule has 2 N–H and O–H groups in total. The van der Waals surface area contributed by atoms with Gasteiger partial charge in [0.1, 0.15) is 11.6 Å². The lowest BCUT2D eigenvalue weighted by molar-refractivity contribution is 0.462. The number of rotatable bonds is 3. The van der Waals surface area contributed by atoms with Crippen molar-refractivity contribution in [3.8, 4) is 5.75 Å². The largest absolute Gasteiger partial charge is 0.508 e. The van der Waals surface area contributed by atoms with Crippen molar-refractivity contribution in [2.45, 2.75) is 19.9 Å². The van der Waals surface area contributed by atoms with Crippen molar-refractivity contribution in [3.05, 3.63) is 56.2 Å². The molecule has 0 aliphatic rings. The third-order valence-corrected chi connectivity index (χ3v) is 4.25. The van der Waals surface area contributed by atoms with Gasteiger partial charge in [-0.25, -0.2) is 4.39 Å². The Hall–Kier alpha value is -1.07. The fraction of sp³-hybridized carbons (Fsp3) is 0.200. The first kappa shape index (κ1) is 15.3. The molecule has 0 aromatic heterocycles. The van der Waals surface area contributed by atoms with E-state index in [9.17, 15) is 9.50 Å². The molecule has 1 atom stereocenters. The second kappa shape index (κ2) is 6.14. The fourth-order valence-electron chi connectivity index (χ4n) is 2.00. The second-order valence-electron chi connectivity index (χ2n) is 4.67. The highest BCUT2D eigenvalue weighted by atomic mass is 79.9. The topological polar surface area (TPSA) is 32.3 Å². The van der Waals surface area contributed by atoms with Gasteiger partial charge in [0.15, 0.2) is 0 Å². The van der Waals surface area contributed by atoms with Gasteiger partial charge in [0.2, 0.25) is 0 Å². The lowest BCUT2D eigenvalue weighted by atomic mass is 10.1. The smallest absolute Gasteiger partial charge is 0.123 e. The van der Waals surface area contributed by atoms with Crippen molar-refractivity contribution >= 4 is 37.5 Å². The molecule has 0 spiro atoms. The van der Waals surface area contributed by atoms with Gasteiger partial charge in [0.25, 0.3) is 0 Å². The highest BCUT2D eigenvalue weighted by Crippen LogP contribution is 2.36. The number of phenolic OH excluding ortho intramolecular Hbond substituents is 1. The normalized spacial score (nSPS) is 12.2. The molecule has 0 fully saturated rings. The maximum Gasteiger partial charge on any atom is 0.123 e. The number of benzene rings is 2. The molecule has 0 radical (unpaired) electrons. The van der Waals surface area contributed by atoms with E-state index in [1.54, 1.807) is 0 Å². The van der Waals surface area contributed by atoms with Crippen LogP contribution in [-0.4, -0.2) is 5.11 Å². The quantitative estimate of drug-likeness (QED) is 0.706. The first-order valence-electron chi connectivity index (χ1n) is 6.09. The maximum absolute atomic E-state index is 13.3. The monoisotopic (exact) mass is 401 g/mol. The number of phenols is 1. The minimum Gasteiger partial charge on any atom is -0.508 e. The molecule has 0 saturated carbocycles. The van der Waals surface area contributed by atoms with Crippen LogP contribution >= 0.6 is 31.9 Å². The molecule has 0 saturated heterocycles. The number of halogens is 3. The van der Waals surface area contributed by atoms with E-state index in [1.165, 1.54) is 18.2 Å². The van der Waals surface area contributed by atoms with E-state index in [-0.39, 0.29) is 17.6 Å². The highest BCUT2D eigenvalue weighted by molar-refractivity contribution is 9.11. The van der Waals surface area contributed by atoms with E-state index in [0.29, 0.717) is 5.56 Å². The molecule has 0 aliphatic heterocycles. The van der Waals surface area contributed by atoms with Gasteiger partial charge < -0.3 is 10.4 Å². The molecule has 0 heterocycles. The zero-order valence-electron chi connectivity index (χ0n) is 11.0. The summed E-state index contributed by atoms with van der Waals surface area (Å²) >= 11 is 7.01. The van der Waals surface area contributed by atoms with Gasteiger partial charge in [0, 0.05) is 14.5 Å². The predicted molar refractivity (Wildman–Crippen MR) is 86.7 cm³/mol. The Morgan fingerprint density at radius 3 is 2.35 bits per heavy atom. The van der Waals surface area contributed by atoms with Crippen molar-refractivity contribution < 1.29 is 9.50 Å². The summed E-state index contributed by atoms with van der Waals surface area (Å²) in [5.74, 6) is -0.292. The Balaban J connectivity index is 2.32. The van der Waals surface area contributed by atoms with E-state index < -0.39 is 0 Å². The number of nitrogens with one attached hydrogen (secondary N) is 1. The van der Waals surface area contributed by atoms with Gasteiger partial charge in [0.05, 0.1) is 11.7 Å². The zero-order chi connectivity index (χ0) is 14.9. The molecule has 106 valence electrons. The van der Waals surface area contributed by atoms with Gasteiger partial charge in [-0.1, -0.05) is 0 Å². The van der Waals surface area contributed by atoms with Crippen molar-refractivity contribution in [1.82, 2.24) is 0 Å². The molecule has 2 nitrogen and oxygen atoms in total. The van der Waals surface area contributed by atoms with Gasteiger partial charge in [-0.15, -0.1) is 0 Å². The predicted octanol–water partition coefficient (Wildman–Crippen LogP) is 5.54. The Morgan fingerprint density at radius 2 is 1.75 bits per heavy atom. The van der Waals surface area contributed by atoms with E-state index in [0.717, 1.165) is 20.2 Å². The van der Waals surface area contributed by atoms with Crippen LogP contribution in [-0.2, 0) is 0 Å². The van der Waals surface area contributed by atoms with Crippen molar-refractivity contribution in [1.29, 1.82) is 0 Å². The van der Waals surface area contributed by atoms with Crippen molar-refractivity contribution in [3.63, 3.8) is 0 Å². The van der Waals surface area contributed by atoms with Crippen LogP contribution in [0.1, 0.15) is 24.1 Å². The molecule has 2 aromatic carbocycles. The molecule has 0 aliphatic carbocycles. The van der Waals surface area contributed by atoms with E-state index in [2.05, 4.69) is 37.2 Å². The Morgan fingerprint density at radius 1 is 1.15 bits per heavy atom. The van der Waals surface area contributed by atoms with Crippen molar-refractivity contribution in [2.24, 2.45) is 0 Å². The summed E-state index contributed by atoms with van der Waals surface area (Å²) in [6.07, 6.45) is 0. The molecule has 0 bridgehead atoms. The Bertz CT molecular complexity index is 623. The summed E-state index contributed by atoms with van der Waals surface area (Å²) in [5.41, 5.74) is 2.51. The van der Waals surface area contributed by atoms with E-state index >= 15 is 0 Å². The van der Waals surface area contributed by atoms with Crippen LogP contribution in [0.4, 0.5) is 10.1 Å². The molecule has 20 heavy (non-hydrogen) atoms. The van der Waals surface area contributed by atoms with Crippen LogP contribution in [0.25, 0.3) is 0 Å². The summed E-state index contributed by atoms with van der Waals surface area (Å²) in [7, 11) is 0. The van der Waals surface area contributed by atoms with Crippen LogP contribution in [0.3, 0.4) is 0 Å². The number of hydrogen-bond donors (Lipinski definition) is 2. The molecular weight excluding hydrogens is 389 g/mol. The summed E-state index contributed by atoms with van der Waals surface area (Å²) in [6.45, 7) is 3.87. The van der Waals surface area contributed by atoms with Crippen LogP contribution in [0.15, 0.2) is 39.3 Å². The van der Waals surface area contributed by atoms with Crippen molar-refractivity contribution in [2.75, 3.05) is 5.32 Å². The first-order chi connectivity index (χ1) is 9.38. The Labute approximate surface area is 134 Å². The average Bonchev–Trinajstić information content (AvgIpc) is 2.36. The highest BCUT2D eigenvalue weighted by Gasteiger charge is 2.14. The van der Waals surface area contributed by atoms with E-state index in [1.807, 2.05) is 26.0 Å². The minimum atomic E-state index is -0.367. The minimum absolute atomic E-state index is 0.0748. The van der Waals surface area contributed by atoms with Gasteiger partial charge in [-0.2, -0.15) is 0 Å². The fourth-order valence-corrected chi connectivity index (χ4v) is 3.65. The third kappa shape index (κ3) is 3.33. The molecule has 2 rings (SSSR count). The number of aryl methyl sites for hydroxylation is 1. The molecular formula is C15H14Br2FNO. The summed E-state index contributed by atoms with van der Waals surface area (Å²) in [6, 6.07) is 7.69. The maximum atomic E-state index is 13.3. The number of aromatic hydroxyl groups is 1. The molecule has 2 aromatic rings. The Kier molecular flexibility index (Phi) is 4.70. The molecule has 0 amide bonds. The standard InChI is InChI=1S/C15H14Br2FNO/c1-8-5-12(16)15(13(17)6-8)19-9(2)11-7-10(18)3-4-14(11)20/h3-7,9,19-20H,1-2H3. The van der Waals surface area contributed by atoms with Gasteiger partial charge in [-0.05, 0) is 81.6 Å². The zero-order valence-corrected chi connectivity index (χ0v) is 14.2. The molecule has 1 unspecified atom stereocenters. The number of hydrogen-bond acceptors (Lipinski definition) is 2. The summed E-state index contributed by atoms with van der Waals surface area (Å²) in [4.78, 5) is 0. The van der Waals surface area contributed by atoms with Crippen LogP contribution in [0.5, 0.6) is 5.75 Å². The van der Waals surface area contributed by atoms with Crippen LogP contribution in [0.2, 0.25) is 0 Å². The van der Waals surface area contributed by atoms with Gasteiger partial charge >= 0.3 is 0 Å². The average molecular weight is 403 g/mol. The SMILES string of the molecule is Cc1cc(Br)c(NC(C)c2cc(F)ccc2O)c(Br)c1. The third-order valence-electron chi connectivity index (χ3n) is 3.00. The van der Waals surface area contributed by atoms with Gasteiger partial charge in [-0.3, -0.25) is 0 Å². The second-order valence-corrected chi connectivity index (χ2v) is 6.38. The van der Waals surface area contributed by atoms with Crippen LogP contribution < -0.4 is 5.32 Å². The van der Waals surface area contributed by atoms with Crippen LogP contribution in [0, 0.1) is 12.7 Å². The van der Waals surface area contributed by atoms with E-state index in [4.69, 9.17) is 0 Å². The first-order valence-corrected chi connectivity index (χ1v) is 7.67. The lowest BCUT2D eigenvalue weighted by Crippen LogP contribution is -2.08. The lowest BCUT2D eigenvalue weighted by Gasteiger charge is -2.19. The molecule has 5 heteroatoms. The number of anilines is 1. The summed E-state index contributed by atoms with van der Waals surface area (Å²) < 4.78 is 15.1.